The molecule has 8 nitrogen and oxygen atoms in total. The maximum Gasteiger partial charge on any atom is 0.173 e. The van der Waals surface area contributed by atoms with Gasteiger partial charge in [0.15, 0.2) is 11.7 Å². The normalized spacial score (nSPS) is 17.1. The van der Waals surface area contributed by atoms with Crippen LogP contribution >= 0.6 is 0 Å². The molecule has 2 aromatic carbocycles. The number of aryl methyl sites for hydroxylation is 1. The van der Waals surface area contributed by atoms with Gasteiger partial charge in [0.2, 0.25) is 0 Å². The highest BCUT2D eigenvalue weighted by Gasteiger charge is 2.34. The van der Waals surface area contributed by atoms with E-state index in [0.717, 1.165) is 45.6 Å². The van der Waals surface area contributed by atoms with E-state index in [4.69, 9.17) is 15.8 Å². The molecule has 0 bridgehead atoms. The summed E-state index contributed by atoms with van der Waals surface area (Å²) in [7, 11) is 5.99. The van der Waals surface area contributed by atoms with Crippen LogP contribution in [0.3, 0.4) is 0 Å². The van der Waals surface area contributed by atoms with Crippen LogP contribution in [-0.4, -0.2) is 47.0 Å². The first kappa shape index (κ1) is 19.9. The van der Waals surface area contributed by atoms with Crippen molar-refractivity contribution in [1.29, 1.82) is 0 Å². The molecule has 0 spiro atoms. The molecule has 8 heteroatoms. The predicted octanol–water partition coefficient (Wildman–Crippen LogP) is 3.49. The van der Waals surface area contributed by atoms with Gasteiger partial charge >= 0.3 is 0 Å². The molecule has 3 heterocycles. The van der Waals surface area contributed by atoms with Gasteiger partial charge in [0, 0.05) is 67.9 Å². The van der Waals surface area contributed by atoms with Crippen molar-refractivity contribution in [3.05, 3.63) is 72.7 Å². The molecular weight excluding hydrogens is 400 g/mol. The number of nitrogens with zero attached hydrogens (tertiary/aromatic N) is 6. The Morgan fingerprint density at radius 3 is 2.78 bits per heavy atom. The van der Waals surface area contributed by atoms with E-state index in [-0.39, 0.29) is 6.04 Å². The van der Waals surface area contributed by atoms with Gasteiger partial charge in [-0.25, -0.2) is 4.99 Å². The largest absolute Gasteiger partial charge is 0.399 e. The second kappa shape index (κ2) is 7.88. The Morgan fingerprint density at radius 2 is 1.97 bits per heavy atom. The average molecular weight is 427 g/mol. The van der Waals surface area contributed by atoms with Crippen molar-refractivity contribution in [1.82, 2.24) is 14.7 Å². The molecule has 2 aliphatic heterocycles. The van der Waals surface area contributed by atoms with Gasteiger partial charge < -0.3 is 20.9 Å². The van der Waals surface area contributed by atoms with E-state index in [1.807, 2.05) is 74.6 Å². The smallest absolute Gasteiger partial charge is 0.173 e. The van der Waals surface area contributed by atoms with Crippen molar-refractivity contribution < 1.29 is 0 Å². The lowest BCUT2D eigenvalue weighted by Gasteiger charge is -2.27. The number of nitrogens with two attached hydrogens (primary N) is 1. The van der Waals surface area contributed by atoms with Gasteiger partial charge in [0.25, 0.3) is 0 Å². The lowest BCUT2D eigenvalue weighted by molar-refractivity contribution is 0.459. The number of hydrogen-bond donors (Lipinski definition) is 2. The van der Waals surface area contributed by atoms with E-state index in [1.54, 1.807) is 0 Å². The monoisotopic (exact) mass is 426 g/mol. The second-order valence-corrected chi connectivity index (χ2v) is 8.17. The third-order valence-electron chi connectivity index (χ3n) is 5.64. The minimum atomic E-state index is 0.0341. The molecule has 2 aliphatic rings. The van der Waals surface area contributed by atoms with Gasteiger partial charge in [-0.3, -0.25) is 9.67 Å². The van der Waals surface area contributed by atoms with E-state index in [2.05, 4.69) is 38.4 Å². The molecule has 0 fully saturated rings. The minimum Gasteiger partial charge on any atom is -0.399 e. The Hall–Kier alpha value is -4.07. The highest BCUT2D eigenvalue weighted by molar-refractivity contribution is 6.45. The standard InChI is InChI=1S/C24H26N8/c1-30(2)19-9-5-8-18(13-19)28-23-24-27-14-21(32(24)11-10-26-23)20-15-31(3)29-22(20)16-6-4-7-17(25)12-16/h4-13,15,21H,14,25H2,1-3H3,(H,26,28). The van der Waals surface area contributed by atoms with Gasteiger partial charge in [-0.05, 0) is 30.3 Å². The number of anilines is 3. The zero-order chi connectivity index (χ0) is 22.2. The number of aliphatic imine (C=N–C) groups is 2. The Balaban J connectivity index is 1.43. The fraction of sp³-hybridized carbons (Fsp3) is 0.208. The lowest BCUT2D eigenvalue weighted by Crippen LogP contribution is -2.37. The SMILES string of the molecule is CN(C)c1cccc(NC2=NC=CN3C2=NCC3c2cn(C)nc2-c2cccc(N)c2)c1. The van der Waals surface area contributed by atoms with E-state index < -0.39 is 0 Å². The van der Waals surface area contributed by atoms with Crippen molar-refractivity contribution >= 4 is 28.7 Å². The van der Waals surface area contributed by atoms with E-state index in [1.165, 1.54) is 0 Å². The molecule has 0 radical (unpaired) electrons. The Morgan fingerprint density at radius 1 is 1.12 bits per heavy atom. The number of amidine groups is 2. The number of benzene rings is 2. The third kappa shape index (κ3) is 3.60. The average Bonchev–Trinajstić information content (AvgIpc) is 3.38. The van der Waals surface area contributed by atoms with Gasteiger partial charge in [-0.1, -0.05) is 18.2 Å². The number of rotatable bonds is 4. The van der Waals surface area contributed by atoms with Crippen molar-refractivity contribution in [2.24, 2.45) is 17.0 Å². The second-order valence-electron chi connectivity index (χ2n) is 8.17. The Kier molecular flexibility index (Phi) is 4.89. The molecule has 1 aromatic heterocycles. The van der Waals surface area contributed by atoms with Crippen LogP contribution in [0, 0.1) is 0 Å². The molecular formula is C24H26N8. The quantitative estimate of drug-likeness (QED) is 0.624. The molecule has 0 saturated heterocycles. The zero-order valence-corrected chi connectivity index (χ0v) is 18.4. The van der Waals surface area contributed by atoms with Crippen LogP contribution in [-0.2, 0) is 7.05 Å². The number of nitrogens with one attached hydrogen (secondary N) is 1. The Bertz CT molecular complexity index is 1250. The van der Waals surface area contributed by atoms with Crippen molar-refractivity contribution in [3.63, 3.8) is 0 Å². The maximum atomic E-state index is 6.03. The van der Waals surface area contributed by atoms with Gasteiger partial charge in [0.1, 0.15) is 0 Å². The molecule has 32 heavy (non-hydrogen) atoms. The molecule has 5 rings (SSSR count). The molecule has 1 unspecified atom stereocenters. The van der Waals surface area contributed by atoms with Gasteiger partial charge in [-0.2, -0.15) is 5.10 Å². The molecule has 162 valence electrons. The van der Waals surface area contributed by atoms with Crippen LogP contribution in [0.4, 0.5) is 17.1 Å². The summed E-state index contributed by atoms with van der Waals surface area (Å²) >= 11 is 0. The van der Waals surface area contributed by atoms with Crippen molar-refractivity contribution in [2.75, 3.05) is 36.6 Å². The van der Waals surface area contributed by atoms with Crippen LogP contribution in [0.5, 0.6) is 0 Å². The summed E-state index contributed by atoms with van der Waals surface area (Å²) in [5.74, 6) is 1.57. The van der Waals surface area contributed by atoms with E-state index in [0.29, 0.717) is 6.54 Å². The third-order valence-corrected chi connectivity index (χ3v) is 5.64. The fourth-order valence-electron chi connectivity index (χ4n) is 4.10. The molecule has 1 atom stereocenters. The number of hydrogen-bond acceptors (Lipinski definition) is 7. The highest BCUT2D eigenvalue weighted by Crippen LogP contribution is 2.35. The van der Waals surface area contributed by atoms with Crippen molar-refractivity contribution in [2.45, 2.75) is 6.04 Å². The number of fused-ring (bicyclic) bond motifs is 1. The first-order valence-electron chi connectivity index (χ1n) is 10.5. The summed E-state index contributed by atoms with van der Waals surface area (Å²) in [6.45, 7) is 0.624. The maximum absolute atomic E-state index is 6.03. The first-order valence-corrected chi connectivity index (χ1v) is 10.5. The van der Waals surface area contributed by atoms with Crippen LogP contribution in [0.1, 0.15) is 11.6 Å². The molecule has 0 amide bonds. The predicted molar refractivity (Wildman–Crippen MR) is 131 cm³/mol. The van der Waals surface area contributed by atoms with Crippen LogP contribution in [0.15, 0.2) is 77.1 Å². The summed E-state index contributed by atoms with van der Waals surface area (Å²) in [6.07, 6.45) is 5.86. The van der Waals surface area contributed by atoms with E-state index >= 15 is 0 Å². The highest BCUT2D eigenvalue weighted by atomic mass is 15.3. The van der Waals surface area contributed by atoms with Crippen molar-refractivity contribution in [3.8, 4) is 11.3 Å². The van der Waals surface area contributed by atoms with Gasteiger partial charge in [-0.15, -0.1) is 0 Å². The summed E-state index contributed by atoms with van der Waals surface area (Å²) in [4.78, 5) is 13.6. The summed E-state index contributed by atoms with van der Waals surface area (Å²) in [6, 6.07) is 16.1. The molecule has 3 aromatic rings. The van der Waals surface area contributed by atoms with Crippen LogP contribution in [0.25, 0.3) is 11.3 Å². The molecule has 0 saturated carbocycles. The van der Waals surface area contributed by atoms with Crippen LogP contribution < -0.4 is 16.0 Å². The first-order chi connectivity index (χ1) is 15.5. The number of nitrogen functional groups attached to an aromatic ring is 1. The number of aromatic nitrogens is 2. The van der Waals surface area contributed by atoms with Gasteiger partial charge in [0.05, 0.1) is 18.3 Å². The zero-order valence-electron chi connectivity index (χ0n) is 18.4. The summed E-state index contributed by atoms with van der Waals surface area (Å²) < 4.78 is 1.85. The van der Waals surface area contributed by atoms with E-state index in [9.17, 15) is 0 Å². The molecule has 3 N–H and O–H groups in total. The topological polar surface area (TPSA) is 87.1 Å². The summed E-state index contributed by atoms with van der Waals surface area (Å²) in [5, 5.41) is 8.17. The minimum absolute atomic E-state index is 0.0341. The molecule has 0 aliphatic carbocycles. The Labute approximate surface area is 187 Å². The van der Waals surface area contributed by atoms with Crippen LogP contribution in [0.2, 0.25) is 0 Å². The lowest BCUT2D eigenvalue weighted by atomic mass is 10.0. The summed E-state index contributed by atoms with van der Waals surface area (Å²) in [5.41, 5.74) is 11.9. The fourth-order valence-corrected chi connectivity index (χ4v) is 4.10.